The van der Waals surface area contributed by atoms with Gasteiger partial charge in [-0.25, -0.2) is 4.98 Å². The zero-order chi connectivity index (χ0) is 15.4. The number of hydrogen-bond acceptors (Lipinski definition) is 6. The minimum absolute atomic E-state index is 0.119. The predicted octanol–water partition coefficient (Wildman–Crippen LogP) is 2.80. The normalized spacial score (nSPS) is 18.7. The summed E-state index contributed by atoms with van der Waals surface area (Å²) in [6.07, 6.45) is 0.901. The molecule has 3 heterocycles. The Morgan fingerprint density at radius 2 is 2.05 bits per heavy atom. The summed E-state index contributed by atoms with van der Waals surface area (Å²) < 4.78 is 5.92. The topological polar surface area (TPSA) is 94.2 Å². The molecular formula is C14H13Cl2N5O. The van der Waals surface area contributed by atoms with Gasteiger partial charge in [0.1, 0.15) is 5.52 Å². The average Bonchev–Trinajstić information content (AvgIpc) is 3.03. The molecule has 1 aliphatic rings. The van der Waals surface area contributed by atoms with Gasteiger partial charge in [-0.3, -0.25) is 0 Å². The smallest absolute Gasteiger partial charge is 0.222 e. The second kappa shape index (κ2) is 4.87. The molecule has 8 heteroatoms. The molecule has 22 heavy (non-hydrogen) atoms. The standard InChI is InChI=1S/C14H13Cl2N5O/c15-6-3-8-10-12(22-11(8)9(16)4-6)13(20-14(18)19-10)21-2-1-7(17)5-21/h3-4,7H,1-2,5,17H2,(H2,18,19,20). The summed E-state index contributed by atoms with van der Waals surface area (Å²) in [5.74, 6) is 0.834. The first-order valence-electron chi connectivity index (χ1n) is 6.88. The summed E-state index contributed by atoms with van der Waals surface area (Å²) in [6.45, 7) is 1.51. The van der Waals surface area contributed by atoms with Crippen molar-refractivity contribution in [1.29, 1.82) is 0 Å². The lowest BCUT2D eigenvalue weighted by atomic mass is 10.2. The summed E-state index contributed by atoms with van der Waals surface area (Å²) in [5, 5.41) is 1.68. The van der Waals surface area contributed by atoms with Crippen molar-refractivity contribution in [3.05, 3.63) is 22.2 Å². The Kier molecular flexibility index (Phi) is 3.07. The van der Waals surface area contributed by atoms with E-state index in [1.54, 1.807) is 12.1 Å². The van der Waals surface area contributed by atoms with Gasteiger partial charge in [0.25, 0.3) is 0 Å². The molecule has 0 aliphatic carbocycles. The maximum Gasteiger partial charge on any atom is 0.222 e. The Balaban J connectivity index is 2.03. The maximum absolute atomic E-state index is 6.22. The lowest BCUT2D eigenvalue weighted by Crippen LogP contribution is -2.27. The van der Waals surface area contributed by atoms with Crippen LogP contribution in [0, 0.1) is 0 Å². The fourth-order valence-corrected chi connectivity index (χ4v) is 3.40. The number of hydrogen-bond donors (Lipinski definition) is 2. The van der Waals surface area contributed by atoms with Crippen LogP contribution in [-0.4, -0.2) is 29.1 Å². The average molecular weight is 338 g/mol. The third-order valence-corrected chi connectivity index (χ3v) is 4.36. The van der Waals surface area contributed by atoms with Crippen LogP contribution in [0.25, 0.3) is 22.1 Å². The van der Waals surface area contributed by atoms with E-state index in [9.17, 15) is 0 Å². The van der Waals surface area contributed by atoms with Crippen molar-refractivity contribution in [3.63, 3.8) is 0 Å². The van der Waals surface area contributed by atoms with Gasteiger partial charge in [-0.05, 0) is 18.6 Å². The van der Waals surface area contributed by atoms with Crippen molar-refractivity contribution in [3.8, 4) is 0 Å². The van der Waals surface area contributed by atoms with Gasteiger partial charge in [-0.2, -0.15) is 4.98 Å². The fraction of sp³-hybridized carbons (Fsp3) is 0.286. The van der Waals surface area contributed by atoms with E-state index in [1.165, 1.54) is 0 Å². The van der Waals surface area contributed by atoms with E-state index < -0.39 is 0 Å². The van der Waals surface area contributed by atoms with Gasteiger partial charge in [0, 0.05) is 24.2 Å². The Morgan fingerprint density at radius 3 is 2.77 bits per heavy atom. The Morgan fingerprint density at radius 1 is 1.23 bits per heavy atom. The van der Waals surface area contributed by atoms with Crippen molar-refractivity contribution in [2.24, 2.45) is 5.73 Å². The van der Waals surface area contributed by atoms with Gasteiger partial charge in [0.2, 0.25) is 5.95 Å². The van der Waals surface area contributed by atoms with E-state index >= 15 is 0 Å². The second-order valence-corrected chi connectivity index (χ2v) is 6.29. The van der Waals surface area contributed by atoms with Crippen molar-refractivity contribution in [1.82, 2.24) is 9.97 Å². The van der Waals surface area contributed by atoms with Crippen LogP contribution in [0.3, 0.4) is 0 Å². The molecule has 4 rings (SSSR count). The number of halogens is 2. The van der Waals surface area contributed by atoms with Gasteiger partial charge >= 0.3 is 0 Å². The minimum Gasteiger partial charge on any atom is -0.449 e. The number of furan rings is 1. The summed E-state index contributed by atoms with van der Waals surface area (Å²) >= 11 is 12.3. The molecule has 1 atom stereocenters. The van der Waals surface area contributed by atoms with Crippen molar-refractivity contribution in [2.75, 3.05) is 23.7 Å². The highest BCUT2D eigenvalue weighted by Gasteiger charge is 2.26. The Labute approximate surface area is 136 Å². The number of benzene rings is 1. The molecule has 0 radical (unpaired) electrons. The number of nitrogen functional groups attached to an aromatic ring is 1. The van der Waals surface area contributed by atoms with E-state index in [1.807, 2.05) is 0 Å². The van der Waals surface area contributed by atoms with E-state index in [2.05, 4.69) is 14.9 Å². The van der Waals surface area contributed by atoms with Crippen molar-refractivity contribution in [2.45, 2.75) is 12.5 Å². The Hall–Kier alpha value is -1.76. The second-order valence-electron chi connectivity index (χ2n) is 5.44. The zero-order valence-corrected chi connectivity index (χ0v) is 13.0. The number of nitrogens with two attached hydrogens (primary N) is 2. The molecule has 1 saturated heterocycles. The van der Waals surface area contributed by atoms with Crippen LogP contribution in [0.15, 0.2) is 16.5 Å². The first kappa shape index (κ1) is 13.9. The molecule has 1 fully saturated rings. The first-order chi connectivity index (χ1) is 10.5. The molecule has 2 aromatic heterocycles. The number of anilines is 2. The highest BCUT2D eigenvalue weighted by molar-refractivity contribution is 6.39. The molecule has 4 N–H and O–H groups in total. The van der Waals surface area contributed by atoms with Gasteiger partial charge < -0.3 is 20.8 Å². The summed E-state index contributed by atoms with van der Waals surface area (Å²) in [6, 6.07) is 3.52. The summed E-state index contributed by atoms with van der Waals surface area (Å²) in [5.41, 5.74) is 13.5. The van der Waals surface area contributed by atoms with Gasteiger partial charge in [-0.1, -0.05) is 23.2 Å². The quantitative estimate of drug-likeness (QED) is 0.709. The number of nitrogens with zero attached hydrogens (tertiary/aromatic N) is 3. The van der Waals surface area contributed by atoms with Crippen LogP contribution in [0.5, 0.6) is 0 Å². The fourth-order valence-electron chi connectivity index (χ4n) is 2.87. The molecule has 6 nitrogen and oxygen atoms in total. The molecule has 1 unspecified atom stereocenters. The van der Waals surface area contributed by atoms with E-state index in [0.29, 0.717) is 39.1 Å². The summed E-state index contributed by atoms with van der Waals surface area (Å²) in [4.78, 5) is 10.7. The Bertz CT molecular complexity index is 894. The third-order valence-electron chi connectivity index (χ3n) is 3.86. The highest BCUT2D eigenvalue weighted by Crippen LogP contribution is 2.38. The van der Waals surface area contributed by atoms with Gasteiger partial charge in [0.15, 0.2) is 17.0 Å². The maximum atomic E-state index is 6.22. The molecule has 0 bridgehead atoms. The van der Waals surface area contributed by atoms with Crippen LogP contribution in [0.4, 0.5) is 11.8 Å². The molecule has 114 valence electrons. The SMILES string of the molecule is Nc1nc(N2CCC(N)C2)c2oc3c(Cl)cc(Cl)cc3c2n1. The van der Waals surface area contributed by atoms with Crippen LogP contribution >= 0.6 is 23.2 Å². The van der Waals surface area contributed by atoms with Crippen LogP contribution < -0.4 is 16.4 Å². The molecule has 0 amide bonds. The van der Waals surface area contributed by atoms with Gasteiger partial charge in [-0.15, -0.1) is 0 Å². The summed E-state index contributed by atoms with van der Waals surface area (Å²) in [7, 11) is 0. The first-order valence-corrected chi connectivity index (χ1v) is 7.64. The molecule has 0 spiro atoms. The van der Waals surface area contributed by atoms with E-state index in [0.717, 1.165) is 18.4 Å². The number of aromatic nitrogens is 2. The van der Waals surface area contributed by atoms with Crippen molar-refractivity contribution >= 4 is 57.0 Å². The van der Waals surface area contributed by atoms with Crippen molar-refractivity contribution < 1.29 is 4.42 Å². The third kappa shape index (κ3) is 2.06. The lowest BCUT2D eigenvalue weighted by Gasteiger charge is -2.16. The van der Waals surface area contributed by atoms with E-state index in [-0.39, 0.29) is 12.0 Å². The van der Waals surface area contributed by atoms with Crippen LogP contribution in [-0.2, 0) is 0 Å². The van der Waals surface area contributed by atoms with Crippen LogP contribution in [0.2, 0.25) is 10.0 Å². The lowest BCUT2D eigenvalue weighted by molar-refractivity contribution is 0.663. The molecular weight excluding hydrogens is 325 g/mol. The predicted molar refractivity (Wildman–Crippen MR) is 88.5 cm³/mol. The highest BCUT2D eigenvalue weighted by atomic mass is 35.5. The minimum atomic E-state index is 0.119. The van der Waals surface area contributed by atoms with E-state index in [4.69, 9.17) is 39.1 Å². The van der Waals surface area contributed by atoms with Gasteiger partial charge in [0.05, 0.1) is 10.4 Å². The number of rotatable bonds is 1. The molecule has 3 aromatic rings. The molecule has 1 aliphatic heterocycles. The zero-order valence-electron chi connectivity index (χ0n) is 11.5. The number of fused-ring (bicyclic) bond motifs is 3. The molecule has 0 saturated carbocycles. The monoisotopic (exact) mass is 337 g/mol. The van der Waals surface area contributed by atoms with Crippen LogP contribution in [0.1, 0.15) is 6.42 Å². The largest absolute Gasteiger partial charge is 0.449 e. The molecule has 1 aromatic carbocycles.